The van der Waals surface area contributed by atoms with Crippen molar-refractivity contribution in [1.82, 2.24) is 25.0 Å². The molecule has 2 aliphatic heterocycles. The number of aromatic nitrogens is 3. The molecule has 3 aliphatic rings. The number of hydrogen-bond donors (Lipinski definition) is 2. The molecular formula is C22H27ClN6O2. The molecule has 4 heterocycles. The maximum Gasteiger partial charge on any atom is 0.320 e. The first kappa shape index (κ1) is 20.3. The fraction of sp³-hybridized carbons (Fsp3) is 0.545. The number of halogens is 1. The highest BCUT2D eigenvalue weighted by Crippen LogP contribution is 2.40. The Labute approximate surface area is 186 Å². The van der Waals surface area contributed by atoms with Gasteiger partial charge in [0.1, 0.15) is 5.82 Å². The van der Waals surface area contributed by atoms with Crippen molar-refractivity contribution in [3.05, 3.63) is 29.2 Å². The Kier molecular flexibility index (Phi) is 4.73. The molecule has 5 rings (SSSR count). The Morgan fingerprint density at radius 2 is 2.03 bits per heavy atom. The molecule has 164 valence electrons. The van der Waals surface area contributed by atoms with Crippen molar-refractivity contribution in [3.8, 4) is 11.1 Å². The molecule has 2 N–H and O–H groups in total. The summed E-state index contributed by atoms with van der Waals surface area (Å²) in [6.45, 7) is 7.65. The summed E-state index contributed by atoms with van der Waals surface area (Å²) >= 11 is 6.46. The van der Waals surface area contributed by atoms with E-state index in [2.05, 4.69) is 34.6 Å². The fourth-order valence-corrected chi connectivity index (χ4v) is 5.63. The topological polar surface area (TPSA) is 92.2 Å². The number of fused-ring (bicyclic) bond motifs is 3. The van der Waals surface area contributed by atoms with Crippen molar-refractivity contribution in [2.75, 3.05) is 11.9 Å². The first-order valence-corrected chi connectivity index (χ1v) is 11.1. The van der Waals surface area contributed by atoms with Gasteiger partial charge in [-0.05, 0) is 36.7 Å². The molecule has 3 atom stereocenters. The molecule has 0 unspecified atom stereocenters. The fourth-order valence-electron chi connectivity index (χ4n) is 5.42. The second kappa shape index (κ2) is 7.22. The summed E-state index contributed by atoms with van der Waals surface area (Å²) in [6, 6.07) is 1.84. The molecule has 2 aromatic rings. The molecule has 3 amide bonds. The van der Waals surface area contributed by atoms with Crippen LogP contribution in [0, 0.1) is 11.3 Å². The third-order valence-corrected chi connectivity index (χ3v) is 7.12. The molecule has 0 aromatic carbocycles. The molecule has 0 spiro atoms. The minimum atomic E-state index is -0.283. The van der Waals surface area contributed by atoms with Crippen molar-refractivity contribution in [3.63, 3.8) is 0 Å². The lowest BCUT2D eigenvalue weighted by atomic mass is 9.89. The van der Waals surface area contributed by atoms with E-state index in [1.54, 1.807) is 13.1 Å². The normalized spacial score (nSPS) is 25.5. The third kappa shape index (κ3) is 3.67. The van der Waals surface area contributed by atoms with E-state index in [0.717, 1.165) is 49.2 Å². The molecule has 1 aliphatic carbocycles. The molecule has 2 aromatic heterocycles. The lowest BCUT2D eigenvalue weighted by molar-refractivity contribution is -0.130. The number of nitrogens with one attached hydrogen (secondary N) is 2. The smallest absolute Gasteiger partial charge is 0.320 e. The van der Waals surface area contributed by atoms with Gasteiger partial charge in [-0.1, -0.05) is 25.4 Å². The average molecular weight is 443 g/mol. The lowest BCUT2D eigenvalue weighted by Crippen LogP contribution is -2.48. The maximum absolute atomic E-state index is 12.6. The van der Waals surface area contributed by atoms with E-state index < -0.39 is 0 Å². The average Bonchev–Trinajstić information content (AvgIpc) is 3.42. The lowest BCUT2D eigenvalue weighted by Gasteiger charge is -2.31. The number of likely N-dealkylation sites (tertiary alicyclic amines) is 1. The van der Waals surface area contributed by atoms with E-state index in [9.17, 15) is 9.59 Å². The van der Waals surface area contributed by atoms with Crippen molar-refractivity contribution < 1.29 is 9.59 Å². The maximum atomic E-state index is 12.6. The van der Waals surface area contributed by atoms with E-state index in [0.29, 0.717) is 16.8 Å². The van der Waals surface area contributed by atoms with Gasteiger partial charge in [-0.25, -0.2) is 9.78 Å². The van der Waals surface area contributed by atoms with Crippen molar-refractivity contribution in [2.45, 2.75) is 58.7 Å². The number of piperidine rings is 1. The van der Waals surface area contributed by atoms with E-state index >= 15 is 0 Å². The summed E-state index contributed by atoms with van der Waals surface area (Å²) in [7, 11) is 0. The largest absolute Gasteiger partial charge is 0.340 e. The Morgan fingerprint density at radius 3 is 2.74 bits per heavy atom. The molecule has 1 saturated heterocycles. The third-order valence-electron chi connectivity index (χ3n) is 6.82. The highest BCUT2D eigenvalue weighted by molar-refractivity contribution is 6.33. The van der Waals surface area contributed by atoms with Crippen LogP contribution < -0.4 is 10.6 Å². The highest BCUT2D eigenvalue weighted by atomic mass is 35.5. The summed E-state index contributed by atoms with van der Waals surface area (Å²) in [5, 5.41) is 11.0. The number of pyridine rings is 1. The molecule has 8 nitrogen and oxygen atoms in total. The molecular weight excluding hydrogens is 416 g/mol. The van der Waals surface area contributed by atoms with E-state index in [1.807, 2.05) is 21.8 Å². The zero-order valence-corrected chi connectivity index (χ0v) is 18.7. The molecule has 1 saturated carbocycles. The molecule has 31 heavy (non-hydrogen) atoms. The Hall–Kier alpha value is -2.61. The van der Waals surface area contributed by atoms with Crippen LogP contribution in [0.5, 0.6) is 0 Å². The van der Waals surface area contributed by atoms with Crippen LogP contribution in [-0.2, 0) is 17.8 Å². The second-order valence-corrected chi connectivity index (χ2v) is 10.2. The van der Waals surface area contributed by atoms with Crippen molar-refractivity contribution >= 4 is 29.4 Å². The van der Waals surface area contributed by atoms with Gasteiger partial charge < -0.3 is 10.2 Å². The van der Waals surface area contributed by atoms with Crippen LogP contribution in [0.2, 0.25) is 5.02 Å². The summed E-state index contributed by atoms with van der Waals surface area (Å²) in [5.41, 5.74) is 3.13. The van der Waals surface area contributed by atoms with Crippen LogP contribution in [0.1, 0.15) is 39.3 Å². The van der Waals surface area contributed by atoms with E-state index in [4.69, 9.17) is 11.6 Å². The molecule has 2 bridgehead atoms. The molecule has 0 radical (unpaired) electrons. The van der Waals surface area contributed by atoms with Gasteiger partial charge in [0.2, 0.25) is 5.91 Å². The zero-order chi connectivity index (χ0) is 21.9. The van der Waals surface area contributed by atoms with Gasteiger partial charge in [0, 0.05) is 55.1 Å². The van der Waals surface area contributed by atoms with Crippen LogP contribution in [-0.4, -0.2) is 50.2 Å². The number of carbonyl (C=O) groups is 2. The Morgan fingerprint density at radius 1 is 1.23 bits per heavy atom. The number of carbonyl (C=O) groups excluding carboxylic acids is 2. The predicted octanol–water partition coefficient (Wildman–Crippen LogP) is 3.31. The summed E-state index contributed by atoms with van der Waals surface area (Å²) in [4.78, 5) is 30.5. The summed E-state index contributed by atoms with van der Waals surface area (Å²) in [6.07, 6.45) is 6.09. The predicted molar refractivity (Wildman–Crippen MR) is 118 cm³/mol. The van der Waals surface area contributed by atoms with E-state index in [-0.39, 0.29) is 29.4 Å². The monoisotopic (exact) mass is 442 g/mol. The quantitative estimate of drug-likeness (QED) is 0.762. The SMILES string of the molecule is CC(=O)N1C[C@@H]2C[C@@H]1C[C@@H]2NC(=O)Nc1cc(-c2cnn3c2CC(C)(C)C3)c(Cl)cn1. The van der Waals surface area contributed by atoms with Gasteiger partial charge in [-0.3, -0.25) is 14.8 Å². The number of rotatable bonds is 3. The Bertz CT molecular complexity index is 1060. The highest BCUT2D eigenvalue weighted by Gasteiger charge is 2.46. The first-order valence-electron chi connectivity index (χ1n) is 10.8. The zero-order valence-electron chi connectivity index (χ0n) is 18.0. The number of urea groups is 1. The first-order chi connectivity index (χ1) is 14.7. The van der Waals surface area contributed by atoms with Crippen molar-refractivity contribution in [2.24, 2.45) is 11.3 Å². The standard InChI is InChI=1S/C22H27ClN6O2/c1-12(30)28-10-13-4-14(28)5-18(13)26-21(31)27-20-6-15(17(23)9-24-20)16-8-25-29-11-22(2,3)7-19(16)29/h6,8-9,13-14,18H,4-5,7,10-11H2,1-3H3,(H2,24,26,27,31)/t13-,14+,18-/m0/s1. The number of nitrogens with zero attached hydrogens (tertiary/aromatic N) is 4. The van der Waals surface area contributed by atoms with Crippen LogP contribution in [0.25, 0.3) is 11.1 Å². The summed E-state index contributed by atoms with van der Waals surface area (Å²) in [5.74, 6) is 0.873. The van der Waals surface area contributed by atoms with Crippen molar-refractivity contribution in [1.29, 1.82) is 0 Å². The van der Waals surface area contributed by atoms with Gasteiger partial charge in [-0.15, -0.1) is 0 Å². The second-order valence-electron chi connectivity index (χ2n) is 9.81. The van der Waals surface area contributed by atoms with Crippen LogP contribution in [0.4, 0.5) is 10.6 Å². The minimum Gasteiger partial charge on any atom is -0.340 e. The molecule has 9 heteroatoms. The Balaban J connectivity index is 1.28. The van der Waals surface area contributed by atoms with Gasteiger partial charge in [0.15, 0.2) is 0 Å². The van der Waals surface area contributed by atoms with Gasteiger partial charge in [0.05, 0.1) is 11.2 Å². The van der Waals surface area contributed by atoms with Gasteiger partial charge in [0.25, 0.3) is 0 Å². The molecule has 2 fully saturated rings. The van der Waals surface area contributed by atoms with E-state index in [1.165, 1.54) is 0 Å². The minimum absolute atomic E-state index is 0.0774. The van der Waals surface area contributed by atoms with Crippen LogP contribution in [0.3, 0.4) is 0 Å². The number of hydrogen-bond acceptors (Lipinski definition) is 4. The van der Waals surface area contributed by atoms with Gasteiger partial charge >= 0.3 is 6.03 Å². The van der Waals surface area contributed by atoms with Gasteiger partial charge in [-0.2, -0.15) is 5.10 Å². The number of amides is 3. The van der Waals surface area contributed by atoms with Crippen LogP contribution >= 0.6 is 11.6 Å². The van der Waals surface area contributed by atoms with Crippen LogP contribution in [0.15, 0.2) is 18.5 Å². The summed E-state index contributed by atoms with van der Waals surface area (Å²) < 4.78 is 2.03. The number of anilines is 1.